The second-order valence-electron chi connectivity index (χ2n) is 5.76. The van der Waals surface area contributed by atoms with E-state index in [-0.39, 0.29) is 5.82 Å². The number of thioether (sulfide) groups is 1. The molecule has 1 saturated carbocycles. The van der Waals surface area contributed by atoms with Crippen molar-refractivity contribution in [1.82, 2.24) is 5.32 Å². The van der Waals surface area contributed by atoms with Gasteiger partial charge in [0.05, 0.1) is 0 Å². The third kappa shape index (κ3) is 3.14. The molecule has 0 spiro atoms. The third-order valence-corrected chi connectivity index (χ3v) is 5.56. The lowest BCUT2D eigenvalue weighted by molar-refractivity contribution is 0.324. The van der Waals surface area contributed by atoms with Crippen LogP contribution in [0, 0.1) is 11.7 Å². The highest BCUT2D eigenvalue weighted by Gasteiger charge is 2.23. The predicted molar refractivity (Wildman–Crippen MR) is 79.1 cm³/mol. The van der Waals surface area contributed by atoms with Crippen LogP contribution in [0.2, 0.25) is 0 Å². The van der Waals surface area contributed by atoms with Crippen molar-refractivity contribution >= 4 is 11.8 Å². The minimum Gasteiger partial charge on any atom is -0.310 e. The number of halogens is 1. The number of rotatable bonds is 3. The average Bonchev–Trinajstić information content (AvgIpc) is 2.47. The number of hydrogen-bond acceptors (Lipinski definition) is 2. The van der Waals surface area contributed by atoms with Crippen LogP contribution in [0.5, 0.6) is 0 Å². The molecule has 1 aromatic carbocycles. The van der Waals surface area contributed by atoms with Gasteiger partial charge in [-0.2, -0.15) is 0 Å². The molecule has 19 heavy (non-hydrogen) atoms. The summed E-state index contributed by atoms with van der Waals surface area (Å²) in [6.07, 6.45) is 8.03. The maximum atomic E-state index is 13.8. The lowest BCUT2D eigenvalue weighted by Crippen LogP contribution is -2.30. The fourth-order valence-electron chi connectivity index (χ4n) is 3.30. The summed E-state index contributed by atoms with van der Waals surface area (Å²) in [7, 11) is 0. The van der Waals surface area contributed by atoms with Gasteiger partial charge in [0.15, 0.2) is 0 Å². The van der Waals surface area contributed by atoms with Crippen LogP contribution in [0.25, 0.3) is 0 Å². The Bertz CT molecular complexity index is 429. The molecule has 1 aliphatic heterocycles. The Morgan fingerprint density at radius 3 is 2.84 bits per heavy atom. The molecule has 1 aliphatic carbocycles. The molecular weight excluding hydrogens is 257 g/mol. The van der Waals surface area contributed by atoms with Gasteiger partial charge < -0.3 is 5.32 Å². The van der Waals surface area contributed by atoms with Gasteiger partial charge in [-0.15, -0.1) is 11.8 Å². The van der Waals surface area contributed by atoms with Gasteiger partial charge in [-0.3, -0.25) is 0 Å². The molecule has 1 aromatic rings. The molecule has 0 aromatic heterocycles. The summed E-state index contributed by atoms with van der Waals surface area (Å²) < 4.78 is 13.8. The highest BCUT2D eigenvalue weighted by atomic mass is 32.2. The molecule has 104 valence electrons. The van der Waals surface area contributed by atoms with E-state index in [1.165, 1.54) is 37.7 Å². The van der Waals surface area contributed by atoms with E-state index in [1.807, 2.05) is 6.07 Å². The van der Waals surface area contributed by atoms with Crippen LogP contribution in [0.4, 0.5) is 4.39 Å². The minimum atomic E-state index is -0.0494. The van der Waals surface area contributed by atoms with E-state index in [2.05, 4.69) is 11.4 Å². The molecule has 3 heteroatoms. The minimum absolute atomic E-state index is 0.0494. The highest BCUT2D eigenvalue weighted by Crippen LogP contribution is 2.38. The van der Waals surface area contributed by atoms with Gasteiger partial charge in [0.25, 0.3) is 0 Å². The highest BCUT2D eigenvalue weighted by molar-refractivity contribution is 7.99. The summed E-state index contributed by atoms with van der Waals surface area (Å²) in [5.41, 5.74) is 1.17. The molecular formula is C16H22FNS. The van der Waals surface area contributed by atoms with E-state index in [9.17, 15) is 4.39 Å². The fourth-order valence-corrected chi connectivity index (χ4v) is 4.44. The van der Waals surface area contributed by atoms with Crippen LogP contribution in [0.3, 0.4) is 0 Å². The van der Waals surface area contributed by atoms with Gasteiger partial charge in [-0.25, -0.2) is 4.39 Å². The van der Waals surface area contributed by atoms with Gasteiger partial charge in [0.2, 0.25) is 0 Å². The van der Waals surface area contributed by atoms with Crippen molar-refractivity contribution in [3.8, 4) is 0 Å². The molecule has 2 aliphatic rings. The number of fused-ring (bicyclic) bond motifs is 1. The summed E-state index contributed by atoms with van der Waals surface area (Å²) in [5.74, 6) is 1.81. The first-order chi connectivity index (χ1) is 9.34. The van der Waals surface area contributed by atoms with Crippen molar-refractivity contribution in [2.24, 2.45) is 5.92 Å². The maximum absolute atomic E-state index is 13.8. The molecule has 1 atom stereocenters. The lowest BCUT2D eigenvalue weighted by Gasteiger charge is -2.29. The normalized spacial score (nSPS) is 24.2. The summed E-state index contributed by atoms with van der Waals surface area (Å²) in [6.45, 7) is 1.10. The van der Waals surface area contributed by atoms with Crippen molar-refractivity contribution in [1.29, 1.82) is 0 Å². The summed E-state index contributed by atoms with van der Waals surface area (Å²) in [4.78, 5) is 0.870. The van der Waals surface area contributed by atoms with Crippen LogP contribution in [0.1, 0.15) is 50.1 Å². The van der Waals surface area contributed by atoms with E-state index in [4.69, 9.17) is 0 Å². The standard InChI is InChI=1S/C16H22FNS/c17-14-8-4-7-13-15(9-10-19-16(13)14)18-11-12-5-2-1-3-6-12/h4,7-8,12,15,18H,1-3,5-6,9-11H2. The van der Waals surface area contributed by atoms with Crippen molar-refractivity contribution in [3.05, 3.63) is 29.6 Å². The SMILES string of the molecule is Fc1cccc2c1SCCC2NCC1CCCCC1. The smallest absolute Gasteiger partial charge is 0.137 e. The Labute approximate surface area is 119 Å². The fraction of sp³-hybridized carbons (Fsp3) is 0.625. The Balaban J connectivity index is 1.64. The van der Waals surface area contributed by atoms with Gasteiger partial charge in [0.1, 0.15) is 5.82 Å². The van der Waals surface area contributed by atoms with Gasteiger partial charge in [-0.1, -0.05) is 31.4 Å². The molecule has 0 bridgehead atoms. The van der Waals surface area contributed by atoms with E-state index >= 15 is 0 Å². The van der Waals surface area contributed by atoms with E-state index in [0.717, 1.165) is 29.5 Å². The van der Waals surface area contributed by atoms with Crippen LogP contribution in [-0.4, -0.2) is 12.3 Å². The maximum Gasteiger partial charge on any atom is 0.137 e. The summed E-state index contributed by atoms with van der Waals surface area (Å²) in [5, 5.41) is 3.69. The summed E-state index contributed by atoms with van der Waals surface area (Å²) >= 11 is 1.67. The van der Waals surface area contributed by atoms with Crippen LogP contribution >= 0.6 is 11.8 Å². The molecule has 0 amide bonds. The van der Waals surface area contributed by atoms with Crippen molar-refractivity contribution < 1.29 is 4.39 Å². The zero-order valence-electron chi connectivity index (χ0n) is 11.3. The van der Waals surface area contributed by atoms with Crippen LogP contribution < -0.4 is 5.32 Å². The molecule has 3 rings (SSSR count). The lowest BCUT2D eigenvalue weighted by atomic mass is 9.89. The monoisotopic (exact) mass is 279 g/mol. The Kier molecular flexibility index (Phi) is 4.44. The quantitative estimate of drug-likeness (QED) is 0.872. The number of benzene rings is 1. The van der Waals surface area contributed by atoms with Gasteiger partial charge >= 0.3 is 0 Å². The first kappa shape index (κ1) is 13.4. The average molecular weight is 279 g/mol. The first-order valence-electron chi connectivity index (χ1n) is 7.49. The van der Waals surface area contributed by atoms with Crippen molar-refractivity contribution in [2.45, 2.75) is 49.5 Å². The van der Waals surface area contributed by atoms with Crippen molar-refractivity contribution in [2.75, 3.05) is 12.3 Å². The number of nitrogens with one attached hydrogen (secondary N) is 1. The van der Waals surface area contributed by atoms with Gasteiger partial charge in [-0.05, 0) is 49.1 Å². The molecule has 1 fully saturated rings. The Hall–Kier alpha value is -0.540. The van der Waals surface area contributed by atoms with E-state index < -0.39 is 0 Å². The summed E-state index contributed by atoms with van der Waals surface area (Å²) in [6, 6.07) is 5.86. The van der Waals surface area contributed by atoms with Crippen molar-refractivity contribution in [3.63, 3.8) is 0 Å². The molecule has 1 nitrogen and oxygen atoms in total. The topological polar surface area (TPSA) is 12.0 Å². The zero-order valence-corrected chi connectivity index (χ0v) is 12.1. The third-order valence-electron chi connectivity index (χ3n) is 4.40. The van der Waals surface area contributed by atoms with E-state index in [1.54, 1.807) is 17.8 Å². The molecule has 0 saturated heterocycles. The molecule has 1 unspecified atom stereocenters. The van der Waals surface area contributed by atoms with Crippen LogP contribution in [-0.2, 0) is 0 Å². The second-order valence-corrected chi connectivity index (χ2v) is 6.87. The Morgan fingerprint density at radius 1 is 1.16 bits per heavy atom. The van der Waals surface area contributed by atoms with Crippen LogP contribution in [0.15, 0.2) is 23.1 Å². The first-order valence-corrected chi connectivity index (χ1v) is 8.48. The predicted octanol–water partition coefficient (Wildman–Crippen LogP) is 4.53. The Morgan fingerprint density at radius 2 is 2.00 bits per heavy atom. The van der Waals surface area contributed by atoms with Gasteiger partial charge in [0, 0.05) is 10.9 Å². The second kappa shape index (κ2) is 6.27. The molecule has 1 N–H and O–H groups in total. The zero-order chi connectivity index (χ0) is 13.1. The number of hydrogen-bond donors (Lipinski definition) is 1. The molecule has 1 heterocycles. The van der Waals surface area contributed by atoms with E-state index in [0.29, 0.717) is 6.04 Å². The largest absolute Gasteiger partial charge is 0.310 e. The molecule has 0 radical (unpaired) electrons.